The first-order valence-electron chi connectivity index (χ1n) is 8.54. The van der Waals surface area contributed by atoms with Crippen molar-refractivity contribution in [1.29, 1.82) is 0 Å². The Labute approximate surface area is 160 Å². The van der Waals surface area contributed by atoms with Crippen molar-refractivity contribution >= 4 is 22.7 Å². The monoisotopic (exact) mass is 378 g/mol. The van der Waals surface area contributed by atoms with Crippen molar-refractivity contribution < 1.29 is 4.42 Å². The van der Waals surface area contributed by atoms with Gasteiger partial charge < -0.3 is 4.42 Å². The molecule has 0 amide bonds. The van der Waals surface area contributed by atoms with Gasteiger partial charge in [-0.15, -0.1) is 5.10 Å². The maximum Gasteiger partial charge on any atom is 0.336 e. The van der Waals surface area contributed by atoms with E-state index in [1.807, 2.05) is 44.2 Å². The fourth-order valence-corrected chi connectivity index (χ4v) is 3.84. The van der Waals surface area contributed by atoms with Crippen LogP contribution in [0.5, 0.6) is 0 Å². The number of rotatable bonds is 4. The lowest BCUT2D eigenvalue weighted by molar-refractivity contribution is 0.559. The maximum absolute atomic E-state index is 12.0. The van der Waals surface area contributed by atoms with Crippen LogP contribution in [0.4, 0.5) is 0 Å². The topological polar surface area (TPSA) is 73.8 Å². The summed E-state index contributed by atoms with van der Waals surface area (Å²) in [4.78, 5) is 12.0. The third-order valence-electron chi connectivity index (χ3n) is 4.59. The van der Waals surface area contributed by atoms with Gasteiger partial charge in [0, 0.05) is 17.2 Å². The zero-order chi connectivity index (χ0) is 19.0. The molecule has 0 fully saturated rings. The lowest BCUT2D eigenvalue weighted by Gasteiger charge is -2.09. The van der Waals surface area contributed by atoms with Gasteiger partial charge in [-0.3, -0.25) is 0 Å². The Balaban J connectivity index is 1.70. The van der Waals surface area contributed by atoms with Crippen molar-refractivity contribution in [3.8, 4) is 5.69 Å². The van der Waals surface area contributed by atoms with Gasteiger partial charge in [-0.25, -0.2) is 4.79 Å². The Kier molecular flexibility index (Phi) is 4.53. The van der Waals surface area contributed by atoms with Gasteiger partial charge in [-0.05, 0) is 71.7 Å². The van der Waals surface area contributed by atoms with Crippen molar-refractivity contribution in [3.05, 3.63) is 75.1 Å². The summed E-state index contributed by atoms with van der Waals surface area (Å²) in [5, 5.41) is 13.7. The van der Waals surface area contributed by atoms with Crippen molar-refractivity contribution in [3.63, 3.8) is 0 Å². The first-order valence-corrected chi connectivity index (χ1v) is 9.52. The molecule has 7 heteroatoms. The zero-order valence-electron chi connectivity index (χ0n) is 15.3. The van der Waals surface area contributed by atoms with Crippen LogP contribution < -0.4 is 5.63 Å². The van der Waals surface area contributed by atoms with E-state index < -0.39 is 0 Å². The normalized spacial score (nSPS) is 11.2. The highest BCUT2D eigenvalue weighted by Crippen LogP contribution is 2.28. The van der Waals surface area contributed by atoms with Gasteiger partial charge in [0.15, 0.2) is 0 Å². The van der Waals surface area contributed by atoms with Gasteiger partial charge in [0.05, 0.1) is 5.69 Å². The number of para-hydroxylation sites is 1. The Hall–Kier alpha value is -2.93. The summed E-state index contributed by atoms with van der Waals surface area (Å²) in [6, 6.07) is 13.5. The molecule has 0 bridgehead atoms. The van der Waals surface area contributed by atoms with E-state index in [2.05, 4.69) is 28.5 Å². The molecule has 0 spiro atoms. The molecule has 0 atom stereocenters. The number of benzene rings is 2. The second kappa shape index (κ2) is 7.00. The van der Waals surface area contributed by atoms with Crippen LogP contribution in [0.25, 0.3) is 16.7 Å². The van der Waals surface area contributed by atoms with Crippen LogP contribution in [-0.4, -0.2) is 20.2 Å². The molecule has 6 nitrogen and oxygen atoms in total. The van der Waals surface area contributed by atoms with E-state index in [1.165, 1.54) is 11.8 Å². The quantitative estimate of drug-likeness (QED) is 0.395. The average molecular weight is 378 g/mol. The second-order valence-corrected chi connectivity index (χ2v) is 7.41. The molecule has 0 radical (unpaired) electrons. The molecule has 2 aromatic heterocycles. The summed E-state index contributed by atoms with van der Waals surface area (Å²) in [5.74, 6) is 0.566. The molecule has 0 saturated heterocycles. The van der Waals surface area contributed by atoms with Crippen molar-refractivity contribution in [2.24, 2.45) is 0 Å². The van der Waals surface area contributed by atoms with Gasteiger partial charge in [-0.2, -0.15) is 4.68 Å². The number of hydrogen-bond acceptors (Lipinski definition) is 6. The Morgan fingerprint density at radius 1 is 1.04 bits per heavy atom. The standard InChI is InChI=1S/C20H18N4O2S/c1-12-6-4-5-7-17(12)24-20(21-22-23-24)27-11-15-10-19(25)26-18-9-14(3)13(2)8-16(15)18/h4-10H,11H2,1-3H3. The fraction of sp³-hybridized carbons (Fsp3) is 0.200. The van der Waals surface area contributed by atoms with Crippen LogP contribution in [0.1, 0.15) is 22.3 Å². The van der Waals surface area contributed by atoms with Gasteiger partial charge >= 0.3 is 5.63 Å². The number of tetrazole rings is 1. The van der Waals surface area contributed by atoms with E-state index in [0.29, 0.717) is 16.5 Å². The summed E-state index contributed by atoms with van der Waals surface area (Å²) < 4.78 is 7.10. The predicted octanol–water partition coefficient (Wildman–Crippen LogP) is 3.99. The molecule has 0 N–H and O–H groups in total. The minimum atomic E-state index is -0.347. The summed E-state index contributed by atoms with van der Waals surface area (Å²) in [6.45, 7) is 6.08. The van der Waals surface area contributed by atoms with Gasteiger partial charge in [-0.1, -0.05) is 30.0 Å². The van der Waals surface area contributed by atoms with Crippen molar-refractivity contribution in [2.75, 3.05) is 0 Å². The van der Waals surface area contributed by atoms with Gasteiger partial charge in [0.25, 0.3) is 0 Å². The number of aromatic nitrogens is 4. The Morgan fingerprint density at radius 3 is 2.63 bits per heavy atom. The highest BCUT2D eigenvalue weighted by atomic mass is 32.2. The van der Waals surface area contributed by atoms with Crippen LogP contribution in [0.2, 0.25) is 0 Å². The maximum atomic E-state index is 12.0. The summed E-state index contributed by atoms with van der Waals surface area (Å²) in [5.41, 5.74) is 5.46. The van der Waals surface area contributed by atoms with Crippen molar-refractivity contribution in [1.82, 2.24) is 20.2 Å². The molecule has 2 heterocycles. The van der Waals surface area contributed by atoms with E-state index >= 15 is 0 Å². The average Bonchev–Trinajstić information content (AvgIpc) is 3.10. The molecule has 0 aliphatic carbocycles. The van der Waals surface area contributed by atoms with E-state index in [-0.39, 0.29) is 5.63 Å². The minimum Gasteiger partial charge on any atom is -0.423 e. The second-order valence-electron chi connectivity index (χ2n) is 6.47. The molecule has 0 aliphatic heterocycles. The van der Waals surface area contributed by atoms with Gasteiger partial charge in [0.1, 0.15) is 5.58 Å². The first-order chi connectivity index (χ1) is 13.0. The van der Waals surface area contributed by atoms with Crippen LogP contribution in [0, 0.1) is 20.8 Å². The molecule has 0 unspecified atom stereocenters. The predicted molar refractivity (Wildman–Crippen MR) is 105 cm³/mol. The third-order valence-corrected chi connectivity index (χ3v) is 5.55. The van der Waals surface area contributed by atoms with Gasteiger partial charge in [0.2, 0.25) is 5.16 Å². The number of fused-ring (bicyclic) bond motifs is 1. The number of hydrogen-bond donors (Lipinski definition) is 0. The van der Waals surface area contributed by atoms with Crippen molar-refractivity contribution in [2.45, 2.75) is 31.7 Å². The Morgan fingerprint density at radius 2 is 1.81 bits per heavy atom. The van der Waals surface area contributed by atoms with Crippen LogP contribution in [-0.2, 0) is 5.75 Å². The highest BCUT2D eigenvalue weighted by Gasteiger charge is 2.13. The summed E-state index contributed by atoms with van der Waals surface area (Å²) in [7, 11) is 0. The third kappa shape index (κ3) is 3.38. The molecular formula is C20H18N4O2S. The number of thioether (sulfide) groups is 1. The van der Waals surface area contributed by atoms with E-state index in [4.69, 9.17) is 4.42 Å². The summed E-state index contributed by atoms with van der Waals surface area (Å²) >= 11 is 1.49. The smallest absolute Gasteiger partial charge is 0.336 e. The van der Waals surface area contributed by atoms with Crippen LogP contribution in [0.3, 0.4) is 0 Å². The highest BCUT2D eigenvalue weighted by molar-refractivity contribution is 7.98. The Bertz CT molecular complexity index is 1200. The SMILES string of the molecule is Cc1cc2oc(=O)cc(CSc3nnnn3-c3ccccc3C)c2cc1C. The van der Waals surface area contributed by atoms with Crippen LogP contribution in [0.15, 0.2) is 56.8 Å². The molecule has 4 rings (SSSR count). The first kappa shape index (κ1) is 17.5. The van der Waals surface area contributed by atoms with E-state index in [0.717, 1.165) is 33.3 Å². The fourth-order valence-electron chi connectivity index (χ4n) is 2.97. The largest absolute Gasteiger partial charge is 0.423 e. The van der Waals surface area contributed by atoms with Crippen LogP contribution >= 0.6 is 11.8 Å². The lowest BCUT2D eigenvalue weighted by Crippen LogP contribution is -2.03. The molecule has 0 aliphatic rings. The zero-order valence-corrected chi connectivity index (χ0v) is 16.1. The molecule has 27 heavy (non-hydrogen) atoms. The number of aryl methyl sites for hydroxylation is 3. The molecule has 2 aromatic carbocycles. The molecule has 0 saturated carbocycles. The molecule has 4 aromatic rings. The molecular weight excluding hydrogens is 360 g/mol. The minimum absolute atomic E-state index is 0.347. The molecule has 136 valence electrons. The summed E-state index contributed by atoms with van der Waals surface area (Å²) in [6.07, 6.45) is 0. The van der Waals surface area contributed by atoms with E-state index in [9.17, 15) is 4.79 Å². The number of nitrogens with zero attached hydrogens (tertiary/aromatic N) is 4. The lowest BCUT2D eigenvalue weighted by atomic mass is 10.0. The van der Waals surface area contributed by atoms with E-state index in [1.54, 1.807) is 10.7 Å².